The molecule has 0 bridgehead atoms. The summed E-state index contributed by atoms with van der Waals surface area (Å²) in [6.45, 7) is 4.93. The number of amides is 1. The second-order valence-electron chi connectivity index (χ2n) is 9.19. The number of pyridine rings is 1. The minimum atomic E-state index is -0.222. The number of halogens is 1. The Hall–Kier alpha value is -4.56. The number of nitrogens with zero attached hydrogens (tertiary/aromatic N) is 1. The highest BCUT2D eigenvalue weighted by atomic mass is 35.5. The molecular weight excluding hydrogens is 532 g/mol. The Labute approximate surface area is 236 Å². The number of hydrogen-bond acceptors (Lipinski definition) is 7. The molecule has 0 saturated heterocycles. The van der Waals surface area contributed by atoms with Crippen molar-refractivity contribution in [2.75, 3.05) is 18.5 Å². The average molecular weight is 559 g/mol. The molecule has 1 aliphatic heterocycles. The van der Waals surface area contributed by atoms with E-state index >= 15 is 0 Å². The van der Waals surface area contributed by atoms with E-state index in [1.165, 1.54) is 13.0 Å². The lowest BCUT2D eigenvalue weighted by Gasteiger charge is -2.20. The number of ether oxygens (including phenoxy) is 4. The first kappa shape index (κ1) is 27.0. The van der Waals surface area contributed by atoms with E-state index in [2.05, 4.69) is 16.4 Å². The summed E-state index contributed by atoms with van der Waals surface area (Å²) in [6, 6.07) is 18.6. The minimum absolute atomic E-state index is 0.147. The lowest BCUT2D eigenvalue weighted by molar-refractivity contribution is -0.114. The van der Waals surface area contributed by atoms with Crippen LogP contribution in [0.5, 0.6) is 23.0 Å². The molecule has 40 heavy (non-hydrogen) atoms. The van der Waals surface area contributed by atoms with Gasteiger partial charge >= 0.3 is 0 Å². The van der Waals surface area contributed by atoms with E-state index in [9.17, 15) is 9.59 Å². The second-order valence-corrected chi connectivity index (χ2v) is 9.60. The Morgan fingerprint density at radius 2 is 1.80 bits per heavy atom. The van der Waals surface area contributed by atoms with Crippen LogP contribution in [0, 0.1) is 6.92 Å². The van der Waals surface area contributed by atoms with E-state index in [0.717, 1.165) is 39.3 Å². The maximum atomic E-state index is 11.7. The number of aromatic nitrogens is 1. The number of anilines is 1. The zero-order valence-electron chi connectivity index (χ0n) is 22.0. The first-order valence-electron chi connectivity index (χ1n) is 12.7. The van der Waals surface area contributed by atoms with Crippen molar-refractivity contribution in [3.05, 3.63) is 94.1 Å². The van der Waals surface area contributed by atoms with Gasteiger partial charge in [-0.15, -0.1) is 0 Å². The van der Waals surface area contributed by atoms with Crippen LogP contribution in [0.4, 0.5) is 5.82 Å². The number of aldehydes is 1. The fraction of sp³-hybridized carbons (Fsp3) is 0.194. The Bertz CT molecular complexity index is 1570. The van der Waals surface area contributed by atoms with Crippen LogP contribution < -0.4 is 24.3 Å². The van der Waals surface area contributed by atoms with Crippen molar-refractivity contribution in [2.24, 2.45) is 0 Å². The molecular formula is C31H27ClN2O6. The summed E-state index contributed by atoms with van der Waals surface area (Å²) >= 11 is 6.45. The molecule has 0 atom stereocenters. The van der Waals surface area contributed by atoms with E-state index in [1.807, 2.05) is 37.3 Å². The predicted molar refractivity (Wildman–Crippen MR) is 152 cm³/mol. The SMILES string of the molecule is CC(=O)Nc1cc(COc2cc(OCc3cccc(-c4ccc5c(c4)OCCO5)c3C)c(Cl)cc2C=O)ccn1. The summed E-state index contributed by atoms with van der Waals surface area (Å²) in [6.07, 6.45) is 2.25. The molecule has 3 aromatic carbocycles. The number of fused-ring (bicyclic) bond motifs is 1. The van der Waals surface area contributed by atoms with Gasteiger partial charge in [0.1, 0.15) is 43.7 Å². The fourth-order valence-electron chi connectivity index (χ4n) is 4.37. The second kappa shape index (κ2) is 12.1. The maximum Gasteiger partial charge on any atom is 0.222 e. The molecule has 1 amide bonds. The third-order valence-electron chi connectivity index (χ3n) is 6.40. The summed E-state index contributed by atoms with van der Waals surface area (Å²) in [4.78, 5) is 27.1. The summed E-state index contributed by atoms with van der Waals surface area (Å²) in [5.74, 6) is 2.39. The average Bonchev–Trinajstić information content (AvgIpc) is 2.96. The molecule has 8 nitrogen and oxygen atoms in total. The van der Waals surface area contributed by atoms with Crippen molar-refractivity contribution in [1.82, 2.24) is 4.98 Å². The van der Waals surface area contributed by atoms with Gasteiger partial charge in [0, 0.05) is 19.2 Å². The van der Waals surface area contributed by atoms with Gasteiger partial charge in [0.25, 0.3) is 0 Å². The maximum absolute atomic E-state index is 11.7. The summed E-state index contributed by atoms with van der Waals surface area (Å²) in [5.41, 5.74) is 5.17. The molecule has 0 spiro atoms. The Balaban J connectivity index is 1.32. The van der Waals surface area contributed by atoms with Crippen molar-refractivity contribution in [1.29, 1.82) is 0 Å². The van der Waals surface area contributed by atoms with Crippen molar-refractivity contribution in [3.8, 4) is 34.1 Å². The van der Waals surface area contributed by atoms with Crippen LogP contribution in [0.2, 0.25) is 5.02 Å². The van der Waals surface area contributed by atoms with Gasteiger partial charge < -0.3 is 24.3 Å². The summed E-state index contributed by atoms with van der Waals surface area (Å²) < 4.78 is 23.4. The summed E-state index contributed by atoms with van der Waals surface area (Å²) in [5, 5.41) is 2.93. The predicted octanol–water partition coefficient (Wildman–Crippen LogP) is 6.41. The highest BCUT2D eigenvalue weighted by Gasteiger charge is 2.16. The van der Waals surface area contributed by atoms with Crippen molar-refractivity contribution < 1.29 is 28.5 Å². The van der Waals surface area contributed by atoms with E-state index in [-0.39, 0.29) is 19.1 Å². The highest BCUT2D eigenvalue weighted by molar-refractivity contribution is 6.32. The first-order valence-corrected chi connectivity index (χ1v) is 13.0. The number of nitrogens with one attached hydrogen (secondary N) is 1. The molecule has 5 rings (SSSR count). The molecule has 0 radical (unpaired) electrons. The van der Waals surface area contributed by atoms with Crippen LogP contribution in [-0.2, 0) is 18.0 Å². The van der Waals surface area contributed by atoms with Crippen LogP contribution in [0.1, 0.15) is 34.0 Å². The van der Waals surface area contributed by atoms with Crippen LogP contribution in [0.25, 0.3) is 11.1 Å². The van der Waals surface area contributed by atoms with E-state index in [1.54, 1.807) is 24.4 Å². The zero-order chi connectivity index (χ0) is 28.1. The molecule has 9 heteroatoms. The number of rotatable bonds is 9. The van der Waals surface area contributed by atoms with Gasteiger partial charge in [0.15, 0.2) is 17.8 Å². The molecule has 0 unspecified atom stereocenters. The van der Waals surface area contributed by atoms with Gasteiger partial charge in [0.2, 0.25) is 5.91 Å². The number of carbonyl (C=O) groups excluding carboxylic acids is 2. The van der Waals surface area contributed by atoms with E-state index in [0.29, 0.717) is 47.4 Å². The van der Waals surface area contributed by atoms with Crippen LogP contribution in [-0.4, -0.2) is 30.4 Å². The Morgan fingerprint density at radius 1 is 1.00 bits per heavy atom. The van der Waals surface area contributed by atoms with Crippen molar-refractivity contribution in [3.63, 3.8) is 0 Å². The largest absolute Gasteiger partial charge is 0.488 e. The first-order chi connectivity index (χ1) is 19.4. The number of benzene rings is 3. The Kier molecular flexibility index (Phi) is 8.17. The molecule has 204 valence electrons. The molecule has 0 aliphatic carbocycles. The van der Waals surface area contributed by atoms with Gasteiger partial charge in [-0.25, -0.2) is 4.98 Å². The third-order valence-corrected chi connectivity index (χ3v) is 6.69. The van der Waals surface area contributed by atoms with Crippen molar-refractivity contribution in [2.45, 2.75) is 27.1 Å². The summed E-state index contributed by atoms with van der Waals surface area (Å²) in [7, 11) is 0. The molecule has 1 aliphatic rings. The van der Waals surface area contributed by atoms with Crippen molar-refractivity contribution >= 4 is 29.6 Å². The Morgan fingerprint density at radius 3 is 2.60 bits per heavy atom. The van der Waals surface area contributed by atoms with Gasteiger partial charge in [-0.1, -0.05) is 35.9 Å². The van der Waals surface area contributed by atoms with Gasteiger partial charge in [0.05, 0.1) is 10.6 Å². The number of hydrogen-bond donors (Lipinski definition) is 1. The lowest BCUT2D eigenvalue weighted by atomic mass is 9.96. The van der Waals surface area contributed by atoms with Gasteiger partial charge in [-0.2, -0.15) is 0 Å². The number of carbonyl (C=O) groups is 2. The van der Waals surface area contributed by atoms with Crippen LogP contribution in [0.15, 0.2) is 66.9 Å². The lowest BCUT2D eigenvalue weighted by Crippen LogP contribution is -2.15. The van der Waals surface area contributed by atoms with E-state index in [4.69, 9.17) is 30.5 Å². The normalized spacial score (nSPS) is 12.0. The standard InChI is InChI=1S/C31H27ClN2O6/c1-19-23(4-3-5-25(19)22-6-7-27-30(14-22)38-11-10-37-27)18-40-29-15-28(24(16-35)13-26(29)32)39-17-21-8-9-33-31(12-21)34-20(2)36/h3-9,12-16H,10-11,17-18H2,1-2H3,(H,33,34,36). The van der Waals surface area contributed by atoms with E-state index < -0.39 is 0 Å². The molecule has 0 saturated carbocycles. The zero-order valence-corrected chi connectivity index (χ0v) is 22.8. The van der Waals surface area contributed by atoms with Gasteiger partial charge in [-0.3, -0.25) is 9.59 Å². The molecule has 1 aromatic heterocycles. The van der Waals surface area contributed by atoms with Crippen LogP contribution in [0.3, 0.4) is 0 Å². The smallest absolute Gasteiger partial charge is 0.222 e. The molecule has 2 heterocycles. The molecule has 0 fully saturated rings. The monoisotopic (exact) mass is 558 g/mol. The quantitative estimate of drug-likeness (QED) is 0.237. The highest BCUT2D eigenvalue weighted by Crippen LogP contribution is 2.37. The fourth-order valence-corrected chi connectivity index (χ4v) is 4.60. The third kappa shape index (κ3) is 6.18. The topological polar surface area (TPSA) is 96.0 Å². The molecule has 4 aromatic rings. The van der Waals surface area contributed by atoms with Gasteiger partial charge in [-0.05, 0) is 65.1 Å². The minimum Gasteiger partial charge on any atom is -0.488 e. The molecule has 1 N–H and O–H groups in total. The van der Waals surface area contributed by atoms with Crippen LogP contribution >= 0.6 is 11.6 Å².